The van der Waals surface area contributed by atoms with Crippen LogP contribution in [0.1, 0.15) is 28.7 Å². The number of carbonyl (C=O) groups excluding carboxylic acids is 1. The van der Waals surface area contributed by atoms with Crippen molar-refractivity contribution < 1.29 is 9.53 Å². The van der Waals surface area contributed by atoms with Crippen LogP contribution in [-0.4, -0.2) is 28.1 Å². The summed E-state index contributed by atoms with van der Waals surface area (Å²) in [6.07, 6.45) is 0.826. The molecule has 1 amide bonds. The maximum atomic E-state index is 12.4. The molecule has 1 aromatic heterocycles. The Kier molecular flexibility index (Phi) is 5.14. The van der Waals surface area contributed by atoms with Gasteiger partial charge < -0.3 is 9.64 Å². The molecule has 0 radical (unpaired) electrons. The van der Waals surface area contributed by atoms with E-state index >= 15 is 0 Å². The molecule has 128 valence electrons. The lowest BCUT2D eigenvalue weighted by molar-refractivity contribution is 0.0779. The van der Waals surface area contributed by atoms with Crippen molar-refractivity contribution in [1.82, 2.24) is 15.1 Å². The predicted octanol–water partition coefficient (Wildman–Crippen LogP) is 4.04. The van der Waals surface area contributed by atoms with Crippen LogP contribution < -0.4 is 4.74 Å². The number of ether oxygens (including phenoxy) is 1. The van der Waals surface area contributed by atoms with Gasteiger partial charge in [-0.05, 0) is 42.3 Å². The summed E-state index contributed by atoms with van der Waals surface area (Å²) in [4.78, 5) is 14.1. The lowest BCUT2D eigenvalue weighted by atomic mass is 10.2. The highest BCUT2D eigenvalue weighted by atomic mass is 16.5. The monoisotopic (exact) mass is 335 g/mol. The van der Waals surface area contributed by atoms with Crippen molar-refractivity contribution in [2.24, 2.45) is 0 Å². The largest absolute Gasteiger partial charge is 0.457 e. The van der Waals surface area contributed by atoms with Crippen LogP contribution in [0.15, 0.2) is 60.7 Å². The van der Waals surface area contributed by atoms with E-state index in [-0.39, 0.29) is 5.91 Å². The molecule has 5 heteroatoms. The fourth-order valence-electron chi connectivity index (χ4n) is 2.48. The Hall–Kier alpha value is -3.08. The number of carbonyl (C=O) groups is 1. The Bertz CT molecular complexity index is 826. The fraction of sp³-hybridized carbons (Fsp3) is 0.200. The number of H-pyrrole nitrogens is 1. The van der Waals surface area contributed by atoms with Crippen molar-refractivity contribution in [3.63, 3.8) is 0 Å². The van der Waals surface area contributed by atoms with E-state index in [9.17, 15) is 4.79 Å². The predicted molar refractivity (Wildman–Crippen MR) is 96.7 cm³/mol. The molecule has 0 saturated carbocycles. The second kappa shape index (κ2) is 7.66. The van der Waals surface area contributed by atoms with Gasteiger partial charge in [0.1, 0.15) is 17.2 Å². The van der Waals surface area contributed by atoms with E-state index in [0.717, 1.165) is 29.2 Å². The number of rotatable bonds is 6. The minimum Gasteiger partial charge on any atom is -0.457 e. The zero-order valence-corrected chi connectivity index (χ0v) is 14.4. The number of benzene rings is 2. The van der Waals surface area contributed by atoms with Crippen molar-refractivity contribution in [2.75, 3.05) is 7.05 Å². The first kappa shape index (κ1) is 16.8. The highest BCUT2D eigenvalue weighted by Gasteiger charge is 2.15. The topological polar surface area (TPSA) is 58.2 Å². The van der Waals surface area contributed by atoms with Crippen LogP contribution in [0.3, 0.4) is 0 Å². The maximum Gasteiger partial charge on any atom is 0.274 e. The molecule has 25 heavy (non-hydrogen) atoms. The number of amides is 1. The fourth-order valence-corrected chi connectivity index (χ4v) is 2.48. The van der Waals surface area contributed by atoms with E-state index in [1.54, 1.807) is 18.0 Å². The van der Waals surface area contributed by atoms with Crippen LogP contribution in [0.25, 0.3) is 0 Å². The number of hydrogen-bond acceptors (Lipinski definition) is 3. The minimum absolute atomic E-state index is 0.0967. The minimum atomic E-state index is -0.0967. The third-order valence-corrected chi connectivity index (χ3v) is 3.90. The van der Waals surface area contributed by atoms with Crippen molar-refractivity contribution in [3.05, 3.63) is 77.6 Å². The van der Waals surface area contributed by atoms with E-state index in [2.05, 4.69) is 10.2 Å². The number of nitrogens with one attached hydrogen (secondary N) is 1. The maximum absolute atomic E-state index is 12.4. The first-order valence-electron chi connectivity index (χ1n) is 8.27. The molecule has 0 saturated heterocycles. The number of para-hydroxylation sites is 1. The van der Waals surface area contributed by atoms with Gasteiger partial charge >= 0.3 is 0 Å². The summed E-state index contributed by atoms with van der Waals surface area (Å²) < 4.78 is 5.78. The van der Waals surface area contributed by atoms with Crippen molar-refractivity contribution in [3.8, 4) is 11.5 Å². The van der Waals surface area contributed by atoms with Gasteiger partial charge in [0.15, 0.2) is 0 Å². The first-order chi connectivity index (χ1) is 12.2. The molecular weight excluding hydrogens is 314 g/mol. The summed E-state index contributed by atoms with van der Waals surface area (Å²) in [5.74, 6) is 1.47. The average Bonchev–Trinajstić information content (AvgIpc) is 3.13. The van der Waals surface area contributed by atoms with Gasteiger partial charge in [-0.3, -0.25) is 9.89 Å². The SMILES string of the molecule is CCc1cc(C(=O)N(C)Cc2ccc(Oc3ccccc3)cc2)n[nH]1. The van der Waals surface area contributed by atoms with Gasteiger partial charge in [0.05, 0.1) is 0 Å². The third kappa shape index (κ3) is 4.26. The molecule has 0 unspecified atom stereocenters. The summed E-state index contributed by atoms with van der Waals surface area (Å²) >= 11 is 0. The van der Waals surface area contributed by atoms with E-state index in [0.29, 0.717) is 12.2 Å². The molecule has 5 nitrogen and oxygen atoms in total. The van der Waals surface area contributed by atoms with Gasteiger partial charge in [-0.25, -0.2) is 0 Å². The quantitative estimate of drug-likeness (QED) is 0.740. The summed E-state index contributed by atoms with van der Waals surface area (Å²) in [5.41, 5.74) is 2.44. The Morgan fingerprint density at radius 1 is 1.08 bits per heavy atom. The van der Waals surface area contributed by atoms with E-state index in [1.807, 2.05) is 61.5 Å². The Morgan fingerprint density at radius 2 is 1.76 bits per heavy atom. The van der Waals surface area contributed by atoms with E-state index in [1.165, 1.54) is 0 Å². The van der Waals surface area contributed by atoms with E-state index < -0.39 is 0 Å². The van der Waals surface area contributed by atoms with Crippen molar-refractivity contribution in [2.45, 2.75) is 19.9 Å². The molecule has 0 spiro atoms. The van der Waals surface area contributed by atoms with E-state index in [4.69, 9.17) is 4.74 Å². The van der Waals surface area contributed by atoms with Gasteiger partial charge in [-0.2, -0.15) is 5.10 Å². The second-order valence-corrected chi connectivity index (χ2v) is 5.85. The van der Waals surface area contributed by atoms with Crippen LogP contribution >= 0.6 is 0 Å². The molecule has 1 heterocycles. The number of aromatic nitrogens is 2. The van der Waals surface area contributed by atoms with Crippen LogP contribution in [0, 0.1) is 0 Å². The molecular formula is C20H21N3O2. The van der Waals surface area contributed by atoms with Gasteiger partial charge in [-0.1, -0.05) is 37.3 Å². The molecule has 0 fully saturated rings. The molecule has 0 aliphatic carbocycles. The zero-order valence-electron chi connectivity index (χ0n) is 14.4. The van der Waals surface area contributed by atoms with Gasteiger partial charge in [0.2, 0.25) is 0 Å². The number of nitrogens with zero attached hydrogens (tertiary/aromatic N) is 2. The summed E-state index contributed by atoms with van der Waals surface area (Å²) in [6, 6.07) is 19.2. The normalized spacial score (nSPS) is 10.5. The molecule has 0 bridgehead atoms. The molecule has 3 rings (SSSR count). The Labute approximate surface area is 147 Å². The van der Waals surface area contributed by atoms with Crippen molar-refractivity contribution in [1.29, 1.82) is 0 Å². The second-order valence-electron chi connectivity index (χ2n) is 5.85. The van der Waals surface area contributed by atoms with Crippen LogP contribution in [-0.2, 0) is 13.0 Å². The summed E-state index contributed by atoms with van der Waals surface area (Å²) in [5, 5.41) is 6.95. The van der Waals surface area contributed by atoms with Crippen LogP contribution in [0.2, 0.25) is 0 Å². The summed E-state index contributed by atoms with van der Waals surface area (Å²) in [7, 11) is 1.77. The molecule has 3 aromatic rings. The average molecular weight is 335 g/mol. The Morgan fingerprint density at radius 3 is 2.40 bits per heavy atom. The smallest absolute Gasteiger partial charge is 0.274 e. The zero-order chi connectivity index (χ0) is 17.6. The van der Waals surface area contributed by atoms with Crippen molar-refractivity contribution >= 4 is 5.91 Å². The van der Waals surface area contributed by atoms with Gasteiger partial charge in [-0.15, -0.1) is 0 Å². The molecule has 0 aliphatic rings. The lowest BCUT2D eigenvalue weighted by Gasteiger charge is -2.16. The lowest BCUT2D eigenvalue weighted by Crippen LogP contribution is -2.26. The van der Waals surface area contributed by atoms with Crippen LogP contribution in [0.5, 0.6) is 11.5 Å². The number of aromatic amines is 1. The van der Waals surface area contributed by atoms with Gasteiger partial charge in [0.25, 0.3) is 5.91 Å². The molecule has 0 aliphatic heterocycles. The molecule has 1 N–H and O–H groups in total. The standard InChI is InChI=1S/C20H21N3O2/c1-3-16-13-19(22-21-16)20(24)23(2)14-15-9-11-18(12-10-15)25-17-7-5-4-6-8-17/h4-13H,3,14H2,1-2H3,(H,21,22). The summed E-state index contributed by atoms with van der Waals surface area (Å²) in [6.45, 7) is 2.53. The first-order valence-corrected chi connectivity index (χ1v) is 8.27. The molecule has 2 aromatic carbocycles. The highest BCUT2D eigenvalue weighted by molar-refractivity contribution is 5.92. The highest BCUT2D eigenvalue weighted by Crippen LogP contribution is 2.21. The number of hydrogen-bond donors (Lipinski definition) is 1. The van der Waals surface area contributed by atoms with Crippen LogP contribution in [0.4, 0.5) is 0 Å². The molecule has 0 atom stereocenters. The van der Waals surface area contributed by atoms with Gasteiger partial charge in [0, 0.05) is 19.3 Å². The number of aryl methyl sites for hydroxylation is 1. The third-order valence-electron chi connectivity index (χ3n) is 3.90. The Balaban J connectivity index is 1.61.